The zero-order chi connectivity index (χ0) is 22.7. The van der Waals surface area contributed by atoms with Gasteiger partial charge in [0.1, 0.15) is 0 Å². The molecule has 1 heterocycles. The van der Waals surface area contributed by atoms with Crippen LogP contribution in [0.1, 0.15) is 45.7 Å². The summed E-state index contributed by atoms with van der Waals surface area (Å²) in [5.74, 6) is 0.150. The Balaban J connectivity index is 1.98. The van der Waals surface area contributed by atoms with Gasteiger partial charge in [0.05, 0.1) is 18.8 Å². The van der Waals surface area contributed by atoms with Crippen LogP contribution in [0, 0.1) is 0 Å². The molecule has 0 aliphatic heterocycles. The smallest absolute Gasteiger partial charge is 0.355 e. The van der Waals surface area contributed by atoms with Crippen molar-refractivity contribution in [1.29, 1.82) is 0 Å². The molecule has 0 saturated heterocycles. The van der Waals surface area contributed by atoms with Crippen LogP contribution in [0.15, 0.2) is 56.7 Å². The molecule has 1 aliphatic rings. The van der Waals surface area contributed by atoms with Gasteiger partial charge in [0.25, 0.3) is 0 Å². The van der Waals surface area contributed by atoms with E-state index >= 15 is 0 Å². The van der Waals surface area contributed by atoms with Crippen LogP contribution in [-0.4, -0.2) is 26.3 Å². The van der Waals surface area contributed by atoms with E-state index in [0.29, 0.717) is 22.2 Å². The maximum atomic E-state index is 13.1. The summed E-state index contributed by atoms with van der Waals surface area (Å²) in [5.41, 5.74) is 0.441. The summed E-state index contributed by atoms with van der Waals surface area (Å²) in [5, 5.41) is 4.23. The van der Waals surface area contributed by atoms with Gasteiger partial charge in [-0.25, -0.2) is 14.2 Å². The van der Waals surface area contributed by atoms with E-state index in [4.69, 9.17) is 27.9 Å². The fourth-order valence-corrected chi connectivity index (χ4v) is 3.66. The average Bonchev–Trinajstić information content (AvgIpc) is 2.68. The van der Waals surface area contributed by atoms with E-state index in [2.05, 4.69) is 10.3 Å². The van der Waals surface area contributed by atoms with Gasteiger partial charge >= 0.3 is 11.4 Å². The van der Waals surface area contributed by atoms with Crippen molar-refractivity contribution in [2.45, 2.75) is 58.9 Å². The second-order valence-corrected chi connectivity index (χ2v) is 8.77. The predicted octanol–water partition coefficient (Wildman–Crippen LogP) is 4.30. The molecular weight excluding hydrogens is 439 g/mol. The van der Waals surface area contributed by atoms with E-state index in [-0.39, 0.29) is 30.7 Å². The molecule has 7 nitrogen and oxygen atoms in total. The Morgan fingerprint density at radius 1 is 1.16 bits per heavy atom. The molecule has 0 amide bonds. The molecule has 0 radical (unpaired) electrons. The third kappa shape index (κ3) is 5.67. The van der Waals surface area contributed by atoms with Crippen LogP contribution in [0.3, 0.4) is 0 Å². The minimum atomic E-state index is -0.609. The van der Waals surface area contributed by atoms with Crippen LogP contribution in [0.4, 0.5) is 5.95 Å². The third-order valence-corrected chi connectivity index (χ3v) is 5.32. The van der Waals surface area contributed by atoms with Crippen molar-refractivity contribution < 1.29 is 4.74 Å². The second kappa shape index (κ2) is 9.85. The normalized spacial score (nSPS) is 16.5. The molecule has 0 saturated carbocycles. The molecule has 31 heavy (non-hydrogen) atoms. The number of hydrogen-bond donors (Lipinski definition) is 1. The van der Waals surface area contributed by atoms with E-state index in [1.807, 2.05) is 32.1 Å². The first-order valence-electron chi connectivity index (χ1n) is 10.1. The monoisotopic (exact) mass is 464 g/mol. The molecule has 0 fully saturated rings. The Morgan fingerprint density at radius 3 is 2.42 bits per heavy atom. The summed E-state index contributed by atoms with van der Waals surface area (Å²) in [6, 6.07) is 6.83. The molecule has 0 bridgehead atoms. The molecule has 0 spiro atoms. The summed E-state index contributed by atoms with van der Waals surface area (Å²) in [6.07, 6.45) is 4.03. The Hall–Kier alpha value is -2.35. The predicted molar refractivity (Wildman–Crippen MR) is 124 cm³/mol. The van der Waals surface area contributed by atoms with E-state index in [1.54, 1.807) is 32.1 Å². The number of anilines is 1. The second-order valence-electron chi connectivity index (χ2n) is 7.90. The number of nitrogens with one attached hydrogen (secondary N) is 1. The van der Waals surface area contributed by atoms with Gasteiger partial charge in [0.15, 0.2) is 0 Å². The van der Waals surface area contributed by atoms with Gasteiger partial charge in [-0.1, -0.05) is 41.4 Å². The SMILES string of the molecule is CC(C)OC1CC=C(Nc2nc(=O)n(C(C)C)c(=O)n2Cc2ccc(Cl)cc2)C=C1Cl. The van der Waals surface area contributed by atoms with E-state index < -0.39 is 11.4 Å². The van der Waals surface area contributed by atoms with Crippen molar-refractivity contribution in [3.8, 4) is 0 Å². The van der Waals surface area contributed by atoms with Crippen molar-refractivity contribution in [1.82, 2.24) is 14.1 Å². The summed E-state index contributed by atoms with van der Waals surface area (Å²) in [6.45, 7) is 7.66. The van der Waals surface area contributed by atoms with Gasteiger partial charge in [-0.2, -0.15) is 4.98 Å². The van der Waals surface area contributed by atoms with Crippen LogP contribution in [0.5, 0.6) is 0 Å². The van der Waals surface area contributed by atoms with Crippen LogP contribution >= 0.6 is 23.2 Å². The number of allylic oxidation sites excluding steroid dienone is 1. The lowest BCUT2D eigenvalue weighted by atomic mass is 10.1. The first-order chi connectivity index (χ1) is 14.7. The summed E-state index contributed by atoms with van der Waals surface area (Å²) >= 11 is 12.4. The number of nitrogens with zero attached hydrogens (tertiary/aromatic N) is 3. The largest absolute Gasteiger partial charge is 0.370 e. The first-order valence-corrected chi connectivity index (χ1v) is 10.9. The summed E-state index contributed by atoms with van der Waals surface area (Å²) in [7, 11) is 0. The Kier molecular flexibility index (Phi) is 7.41. The molecule has 1 aromatic heterocycles. The van der Waals surface area contributed by atoms with Gasteiger partial charge in [-0.05, 0) is 57.9 Å². The third-order valence-electron chi connectivity index (χ3n) is 4.72. The van der Waals surface area contributed by atoms with Gasteiger partial charge in [-0.3, -0.25) is 4.57 Å². The molecule has 1 N–H and O–H groups in total. The van der Waals surface area contributed by atoms with Crippen LogP contribution < -0.4 is 16.7 Å². The minimum Gasteiger partial charge on any atom is -0.370 e. The van der Waals surface area contributed by atoms with Crippen molar-refractivity contribution >= 4 is 29.2 Å². The molecule has 1 atom stereocenters. The number of ether oxygens (including phenoxy) is 1. The van der Waals surface area contributed by atoms with Crippen molar-refractivity contribution in [2.75, 3.05) is 5.32 Å². The van der Waals surface area contributed by atoms with E-state index in [9.17, 15) is 9.59 Å². The number of aromatic nitrogens is 3. The van der Waals surface area contributed by atoms with E-state index in [1.165, 1.54) is 4.57 Å². The van der Waals surface area contributed by atoms with Gasteiger partial charge in [0, 0.05) is 21.8 Å². The van der Waals surface area contributed by atoms with Gasteiger partial charge in [-0.15, -0.1) is 0 Å². The zero-order valence-corrected chi connectivity index (χ0v) is 19.4. The highest BCUT2D eigenvalue weighted by molar-refractivity contribution is 6.30. The number of rotatable bonds is 7. The van der Waals surface area contributed by atoms with Crippen molar-refractivity contribution in [3.63, 3.8) is 0 Å². The van der Waals surface area contributed by atoms with Crippen LogP contribution in [0.2, 0.25) is 5.02 Å². The lowest BCUT2D eigenvalue weighted by Crippen LogP contribution is -2.43. The Bertz CT molecular complexity index is 1120. The highest BCUT2D eigenvalue weighted by Crippen LogP contribution is 2.25. The molecule has 2 aromatic rings. The fourth-order valence-electron chi connectivity index (χ4n) is 3.27. The topological polar surface area (TPSA) is 78.2 Å². The van der Waals surface area contributed by atoms with Crippen LogP contribution in [-0.2, 0) is 11.3 Å². The molecule has 9 heteroatoms. The average molecular weight is 465 g/mol. The molecule has 1 aliphatic carbocycles. The number of halogens is 2. The molecular formula is C22H26Cl2N4O3. The number of benzene rings is 1. The maximum absolute atomic E-state index is 13.1. The van der Waals surface area contributed by atoms with Gasteiger partial charge in [0.2, 0.25) is 5.95 Å². The summed E-state index contributed by atoms with van der Waals surface area (Å²) < 4.78 is 8.35. The zero-order valence-electron chi connectivity index (χ0n) is 17.9. The van der Waals surface area contributed by atoms with Crippen molar-refractivity contribution in [3.05, 3.63) is 78.7 Å². The highest BCUT2D eigenvalue weighted by atomic mass is 35.5. The molecule has 3 rings (SSSR count). The first kappa shape index (κ1) is 23.3. The Morgan fingerprint density at radius 2 is 1.84 bits per heavy atom. The maximum Gasteiger partial charge on any atom is 0.355 e. The standard InChI is InChI=1S/C22H26Cl2N4O3/c1-13(2)28-21(29)26-20(25-17-9-10-19(18(24)11-17)31-14(3)4)27(22(28)30)12-15-5-7-16(23)8-6-15/h5-9,11,13-14,19H,10,12H2,1-4H3,(H,25,26,29). The quantitative estimate of drug-likeness (QED) is 0.660. The van der Waals surface area contributed by atoms with Crippen LogP contribution in [0.25, 0.3) is 0 Å². The lowest BCUT2D eigenvalue weighted by Gasteiger charge is -2.23. The molecule has 166 valence electrons. The lowest BCUT2D eigenvalue weighted by molar-refractivity contribution is 0.0340. The summed E-state index contributed by atoms with van der Waals surface area (Å²) in [4.78, 5) is 29.8. The number of hydrogen-bond acceptors (Lipinski definition) is 5. The van der Waals surface area contributed by atoms with Gasteiger partial charge < -0.3 is 10.1 Å². The van der Waals surface area contributed by atoms with E-state index in [0.717, 1.165) is 10.1 Å². The molecule has 1 aromatic carbocycles. The highest BCUT2D eigenvalue weighted by Gasteiger charge is 2.21. The molecule has 1 unspecified atom stereocenters. The fraction of sp³-hybridized carbons (Fsp3) is 0.409. The van der Waals surface area contributed by atoms with Crippen molar-refractivity contribution in [2.24, 2.45) is 0 Å². The minimum absolute atomic E-state index is 0.0462. The Labute approximate surface area is 191 Å².